The summed E-state index contributed by atoms with van der Waals surface area (Å²) in [5, 5.41) is 14.4. The standard InChI is InChI=1S/C18H16ClFN6O2/c19-12-2-1-11(5-13(12)20)28-6-14(27)23-17-7-18(8-17,9-17)24-15-16-25-22-10-26(16)4-3-21-15/h1-5,10H,6-9H2,(H,21,24)(H,23,27). The van der Waals surface area contributed by atoms with Crippen LogP contribution in [0, 0.1) is 5.82 Å². The average Bonchev–Trinajstić information content (AvgIpc) is 3.09. The molecule has 3 aliphatic carbocycles. The Bertz CT molecular complexity index is 1070. The van der Waals surface area contributed by atoms with Gasteiger partial charge in [0, 0.05) is 29.5 Å². The van der Waals surface area contributed by atoms with E-state index in [2.05, 4.69) is 25.8 Å². The maximum atomic E-state index is 13.4. The SMILES string of the molecule is O=C(COc1ccc(Cl)c(F)c1)NC12CC(Nc3nccn4cnnc34)(C1)C2. The molecular formula is C18H16ClFN6O2. The van der Waals surface area contributed by atoms with Gasteiger partial charge in [-0.2, -0.15) is 0 Å². The highest BCUT2D eigenvalue weighted by molar-refractivity contribution is 6.30. The number of nitrogens with zero attached hydrogens (tertiary/aromatic N) is 4. The van der Waals surface area contributed by atoms with Crippen molar-refractivity contribution in [3.05, 3.63) is 47.8 Å². The van der Waals surface area contributed by atoms with E-state index in [0.29, 0.717) is 11.5 Å². The highest BCUT2D eigenvalue weighted by atomic mass is 35.5. The molecule has 2 heterocycles. The maximum absolute atomic E-state index is 13.4. The number of ether oxygens (including phenoxy) is 1. The number of rotatable bonds is 6. The van der Waals surface area contributed by atoms with Crippen LogP contribution in [0.1, 0.15) is 19.3 Å². The first-order chi connectivity index (χ1) is 13.5. The van der Waals surface area contributed by atoms with Crippen molar-refractivity contribution in [1.82, 2.24) is 24.9 Å². The largest absolute Gasteiger partial charge is 0.484 e. The minimum absolute atomic E-state index is 0.0137. The number of anilines is 1. The molecule has 8 nitrogen and oxygen atoms in total. The van der Waals surface area contributed by atoms with Crippen LogP contribution in [0.15, 0.2) is 36.9 Å². The minimum atomic E-state index is -0.580. The molecule has 0 radical (unpaired) electrons. The predicted molar refractivity (Wildman–Crippen MR) is 98.8 cm³/mol. The second-order valence-electron chi connectivity index (χ2n) is 7.47. The molecule has 144 valence electrons. The van der Waals surface area contributed by atoms with E-state index in [1.165, 1.54) is 12.1 Å². The molecule has 3 fully saturated rings. The second-order valence-corrected chi connectivity index (χ2v) is 7.87. The predicted octanol–water partition coefficient (Wildman–Crippen LogP) is 2.20. The van der Waals surface area contributed by atoms with Crippen molar-refractivity contribution in [2.45, 2.75) is 30.3 Å². The lowest BCUT2D eigenvalue weighted by Gasteiger charge is -2.70. The van der Waals surface area contributed by atoms with Gasteiger partial charge < -0.3 is 15.4 Å². The molecule has 0 saturated heterocycles. The fourth-order valence-electron chi connectivity index (χ4n) is 4.20. The molecule has 3 aromatic rings. The smallest absolute Gasteiger partial charge is 0.258 e. The fourth-order valence-corrected chi connectivity index (χ4v) is 4.32. The van der Waals surface area contributed by atoms with Crippen LogP contribution >= 0.6 is 11.6 Å². The molecular weight excluding hydrogens is 387 g/mol. The molecule has 1 aromatic carbocycles. The van der Waals surface area contributed by atoms with E-state index in [9.17, 15) is 9.18 Å². The number of carbonyl (C=O) groups excluding carboxylic acids is 1. The van der Waals surface area contributed by atoms with Crippen LogP contribution in [0.5, 0.6) is 5.75 Å². The van der Waals surface area contributed by atoms with Gasteiger partial charge in [-0.05, 0) is 31.4 Å². The lowest BCUT2D eigenvalue weighted by atomic mass is 9.44. The third-order valence-electron chi connectivity index (χ3n) is 5.30. The van der Waals surface area contributed by atoms with Crippen molar-refractivity contribution in [2.24, 2.45) is 0 Å². The van der Waals surface area contributed by atoms with Gasteiger partial charge in [-0.25, -0.2) is 9.37 Å². The van der Waals surface area contributed by atoms with Crippen molar-refractivity contribution in [3.8, 4) is 5.75 Å². The van der Waals surface area contributed by atoms with E-state index in [0.717, 1.165) is 25.3 Å². The van der Waals surface area contributed by atoms with Crippen molar-refractivity contribution < 1.29 is 13.9 Å². The monoisotopic (exact) mass is 402 g/mol. The summed E-state index contributed by atoms with van der Waals surface area (Å²) in [7, 11) is 0. The molecule has 2 aromatic heterocycles. The van der Waals surface area contributed by atoms with E-state index in [1.54, 1.807) is 23.1 Å². The summed E-state index contributed by atoms with van der Waals surface area (Å²) in [4.78, 5) is 16.5. The Morgan fingerprint density at radius 1 is 1.32 bits per heavy atom. The normalized spacial score (nSPS) is 24.9. The molecule has 28 heavy (non-hydrogen) atoms. The van der Waals surface area contributed by atoms with Gasteiger partial charge in [0.05, 0.1) is 5.02 Å². The van der Waals surface area contributed by atoms with Gasteiger partial charge in [0.1, 0.15) is 17.9 Å². The van der Waals surface area contributed by atoms with Crippen LogP contribution in [0.4, 0.5) is 10.2 Å². The number of amides is 1. The first kappa shape index (κ1) is 17.2. The fraction of sp³-hybridized carbons (Fsp3) is 0.333. The second kappa shape index (κ2) is 6.03. The van der Waals surface area contributed by atoms with E-state index < -0.39 is 5.82 Å². The topological polar surface area (TPSA) is 93.4 Å². The lowest BCUT2D eigenvalue weighted by Crippen LogP contribution is -2.81. The third-order valence-corrected chi connectivity index (χ3v) is 5.60. The third kappa shape index (κ3) is 2.82. The number of carbonyl (C=O) groups is 1. The zero-order valence-corrected chi connectivity index (χ0v) is 15.4. The molecule has 0 spiro atoms. The number of hydrogen-bond donors (Lipinski definition) is 2. The van der Waals surface area contributed by atoms with Crippen LogP contribution in [-0.2, 0) is 4.79 Å². The van der Waals surface area contributed by atoms with Crippen molar-refractivity contribution >= 4 is 29.0 Å². The Kier molecular flexibility index (Phi) is 3.70. The Hall–Kier alpha value is -2.94. The summed E-state index contributed by atoms with van der Waals surface area (Å²) >= 11 is 5.63. The van der Waals surface area contributed by atoms with Crippen LogP contribution < -0.4 is 15.4 Å². The molecule has 2 bridgehead atoms. The number of benzene rings is 1. The number of fused-ring (bicyclic) bond motifs is 1. The molecule has 0 unspecified atom stereocenters. The number of hydrogen-bond acceptors (Lipinski definition) is 6. The zero-order valence-electron chi connectivity index (χ0n) is 14.7. The summed E-state index contributed by atoms with van der Waals surface area (Å²) in [6, 6.07) is 4.08. The van der Waals surface area contributed by atoms with Gasteiger partial charge in [0.15, 0.2) is 12.4 Å². The van der Waals surface area contributed by atoms with Crippen LogP contribution in [0.2, 0.25) is 5.02 Å². The molecule has 10 heteroatoms. The van der Waals surface area contributed by atoms with Gasteiger partial charge in [0.2, 0.25) is 5.65 Å². The van der Waals surface area contributed by atoms with Crippen LogP contribution in [0.3, 0.4) is 0 Å². The zero-order chi connectivity index (χ0) is 19.4. The van der Waals surface area contributed by atoms with E-state index in [4.69, 9.17) is 16.3 Å². The van der Waals surface area contributed by atoms with Gasteiger partial charge in [0.25, 0.3) is 5.91 Å². The Morgan fingerprint density at radius 2 is 2.14 bits per heavy atom. The molecule has 6 rings (SSSR count). The number of nitrogens with one attached hydrogen (secondary N) is 2. The molecule has 2 N–H and O–H groups in total. The number of halogens is 2. The molecule has 3 saturated carbocycles. The van der Waals surface area contributed by atoms with E-state index >= 15 is 0 Å². The minimum Gasteiger partial charge on any atom is -0.484 e. The highest BCUT2D eigenvalue weighted by Crippen LogP contribution is 2.61. The van der Waals surface area contributed by atoms with Crippen LogP contribution in [-0.4, -0.2) is 43.2 Å². The van der Waals surface area contributed by atoms with E-state index in [1.807, 2.05) is 0 Å². The van der Waals surface area contributed by atoms with Gasteiger partial charge in [-0.3, -0.25) is 9.20 Å². The summed E-state index contributed by atoms with van der Waals surface area (Å²) in [6.45, 7) is -0.177. The van der Waals surface area contributed by atoms with Crippen LogP contribution in [0.25, 0.3) is 5.65 Å². The van der Waals surface area contributed by atoms with Crippen molar-refractivity contribution in [2.75, 3.05) is 11.9 Å². The molecule has 3 aliphatic rings. The number of aromatic nitrogens is 4. The molecule has 0 atom stereocenters. The summed E-state index contributed by atoms with van der Waals surface area (Å²) < 4.78 is 20.6. The summed E-state index contributed by atoms with van der Waals surface area (Å²) in [5.74, 6) is 0.137. The Labute approximate surface area is 164 Å². The Balaban J connectivity index is 1.15. The van der Waals surface area contributed by atoms with Crippen molar-refractivity contribution in [3.63, 3.8) is 0 Å². The average molecular weight is 403 g/mol. The summed E-state index contributed by atoms with van der Waals surface area (Å²) in [6.07, 6.45) is 7.52. The van der Waals surface area contributed by atoms with Gasteiger partial charge in [-0.1, -0.05) is 11.6 Å². The Morgan fingerprint density at radius 3 is 2.93 bits per heavy atom. The van der Waals surface area contributed by atoms with E-state index in [-0.39, 0.29) is 34.4 Å². The summed E-state index contributed by atoms with van der Waals surface area (Å²) in [5.41, 5.74) is 0.389. The van der Waals surface area contributed by atoms with Gasteiger partial charge >= 0.3 is 0 Å². The molecule has 1 amide bonds. The highest BCUT2D eigenvalue weighted by Gasteiger charge is 2.69. The van der Waals surface area contributed by atoms with Gasteiger partial charge in [-0.15, -0.1) is 10.2 Å². The van der Waals surface area contributed by atoms with Crippen molar-refractivity contribution in [1.29, 1.82) is 0 Å². The quantitative estimate of drug-likeness (QED) is 0.656. The molecule has 0 aliphatic heterocycles. The maximum Gasteiger partial charge on any atom is 0.258 e. The lowest BCUT2D eigenvalue weighted by molar-refractivity contribution is -0.135. The first-order valence-electron chi connectivity index (χ1n) is 8.77. The first-order valence-corrected chi connectivity index (χ1v) is 9.15.